The lowest BCUT2D eigenvalue weighted by molar-refractivity contribution is 0.0224. The molecule has 9 heteroatoms. The molecule has 0 radical (unpaired) electrons. The number of nitrogens with one attached hydrogen (secondary N) is 1. The lowest BCUT2D eigenvalue weighted by atomic mass is 9.77. The normalized spacial score (nSPS) is 13.8. The SMILES string of the molecule is NCCNN=C=S.O=C1OC2(c3ccc(O)cc3Oc3cc(O)ccc32)c2ccccc21. The van der Waals surface area contributed by atoms with Crippen LogP contribution < -0.4 is 15.9 Å². The van der Waals surface area contributed by atoms with Crippen molar-refractivity contribution in [3.05, 3.63) is 82.9 Å². The van der Waals surface area contributed by atoms with Crippen LogP contribution in [-0.4, -0.2) is 34.4 Å². The minimum absolute atomic E-state index is 0.0371. The van der Waals surface area contributed by atoms with Gasteiger partial charge in [0.25, 0.3) is 0 Å². The Morgan fingerprint density at radius 3 is 2.22 bits per heavy atom. The van der Waals surface area contributed by atoms with Gasteiger partial charge in [-0.3, -0.25) is 5.43 Å². The monoisotopic (exact) mass is 449 g/mol. The molecule has 1 spiro atoms. The number of phenols is 2. The van der Waals surface area contributed by atoms with Crippen molar-refractivity contribution in [2.24, 2.45) is 10.8 Å². The molecule has 2 aliphatic heterocycles. The topological polar surface area (TPSA) is 126 Å². The van der Waals surface area contributed by atoms with Crippen LogP contribution in [0, 0.1) is 0 Å². The summed E-state index contributed by atoms with van der Waals surface area (Å²) < 4.78 is 11.8. The summed E-state index contributed by atoms with van der Waals surface area (Å²) in [7, 11) is 0. The Balaban J connectivity index is 0.000000307. The van der Waals surface area contributed by atoms with Crippen LogP contribution in [0.4, 0.5) is 0 Å². The highest BCUT2D eigenvalue weighted by molar-refractivity contribution is 7.78. The first kappa shape index (κ1) is 21.3. The molecule has 0 unspecified atom stereocenters. The third-order valence-electron chi connectivity index (χ3n) is 5.06. The van der Waals surface area contributed by atoms with E-state index in [1.165, 1.54) is 24.3 Å². The molecule has 0 atom stereocenters. The van der Waals surface area contributed by atoms with Gasteiger partial charge in [-0.15, -0.1) is 5.10 Å². The van der Waals surface area contributed by atoms with Gasteiger partial charge < -0.3 is 25.4 Å². The predicted octanol–water partition coefficient (Wildman–Crippen LogP) is 3.22. The minimum Gasteiger partial charge on any atom is -0.508 e. The number of carbonyl (C=O) groups excluding carboxylic acids is 1. The summed E-state index contributed by atoms with van der Waals surface area (Å²) in [4.78, 5) is 12.5. The number of aromatic hydroxyl groups is 2. The van der Waals surface area contributed by atoms with Gasteiger partial charge in [0.2, 0.25) is 0 Å². The summed E-state index contributed by atoms with van der Waals surface area (Å²) in [5.74, 6) is 0.408. The minimum atomic E-state index is -1.17. The number of hydrogen-bond acceptors (Lipinski definition) is 9. The zero-order valence-corrected chi connectivity index (χ0v) is 17.6. The van der Waals surface area contributed by atoms with Gasteiger partial charge in [-0.25, -0.2) is 4.79 Å². The first-order chi connectivity index (χ1) is 15.5. The Hall–Kier alpha value is -3.91. The lowest BCUT2D eigenvalue weighted by Crippen LogP contribution is -2.32. The number of hydrazone groups is 1. The number of esters is 1. The summed E-state index contributed by atoms with van der Waals surface area (Å²) in [6, 6.07) is 16.6. The van der Waals surface area contributed by atoms with Gasteiger partial charge in [0, 0.05) is 41.9 Å². The molecular weight excluding hydrogens is 430 g/mol. The summed E-state index contributed by atoms with van der Waals surface area (Å²) in [6.45, 7) is 1.23. The molecule has 3 aromatic carbocycles. The fourth-order valence-corrected chi connectivity index (χ4v) is 3.87. The van der Waals surface area contributed by atoms with Crippen LogP contribution in [0.25, 0.3) is 0 Å². The van der Waals surface area contributed by atoms with Crippen molar-refractivity contribution >= 4 is 23.3 Å². The molecule has 0 saturated carbocycles. The smallest absolute Gasteiger partial charge is 0.340 e. The van der Waals surface area contributed by atoms with Crippen molar-refractivity contribution < 1.29 is 24.5 Å². The highest BCUT2D eigenvalue weighted by Gasteiger charge is 2.53. The molecule has 5 rings (SSSR count). The average Bonchev–Trinajstić information content (AvgIpc) is 3.07. The van der Waals surface area contributed by atoms with Crippen molar-refractivity contribution in [3.8, 4) is 23.0 Å². The number of isothiocyanates is 1. The predicted molar refractivity (Wildman–Crippen MR) is 120 cm³/mol. The van der Waals surface area contributed by atoms with Crippen molar-refractivity contribution in [2.45, 2.75) is 5.60 Å². The van der Waals surface area contributed by atoms with Crippen molar-refractivity contribution in [3.63, 3.8) is 0 Å². The molecule has 0 aliphatic carbocycles. The van der Waals surface area contributed by atoms with Crippen LogP contribution in [-0.2, 0) is 10.3 Å². The summed E-state index contributed by atoms with van der Waals surface area (Å²) in [5, 5.41) is 25.2. The van der Waals surface area contributed by atoms with Crippen LogP contribution in [0.2, 0.25) is 0 Å². The number of thiocarbonyl (C=S) groups is 1. The van der Waals surface area contributed by atoms with E-state index in [-0.39, 0.29) is 11.5 Å². The third-order valence-corrected chi connectivity index (χ3v) is 5.15. The van der Waals surface area contributed by atoms with Crippen molar-refractivity contribution in [1.82, 2.24) is 5.43 Å². The quantitative estimate of drug-likeness (QED) is 0.158. The second kappa shape index (κ2) is 8.68. The first-order valence-electron chi connectivity index (χ1n) is 9.68. The number of fused-ring (bicyclic) bond motifs is 6. The van der Waals surface area contributed by atoms with E-state index in [9.17, 15) is 15.0 Å². The molecule has 3 aromatic rings. The van der Waals surface area contributed by atoms with Crippen LogP contribution >= 0.6 is 12.2 Å². The van der Waals surface area contributed by atoms with E-state index in [1.807, 2.05) is 12.1 Å². The number of benzene rings is 3. The first-order valence-corrected chi connectivity index (χ1v) is 10.1. The fraction of sp³-hybridized carbons (Fsp3) is 0.130. The molecule has 2 heterocycles. The standard InChI is InChI=1S/C20H12O5.C3H7N3S/c21-11-5-7-15-17(9-11)24-18-10-12(22)6-8-16(18)20(15)14-4-2-1-3-13(14)19(23)25-20;4-1-2-5-6-3-7/h1-10,21-22H;5H,1-2,4H2. The van der Waals surface area contributed by atoms with Gasteiger partial charge >= 0.3 is 5.97 Å². The Bertz CT molecular complexity index is 1190. The van der Waals surface area contributed by atoms with E-state index in [1.54, 1.807) is 24.3 Å². The van der Waals surface area contributed by atoms with E-state index in [0.717, 1.165) is 0 Å². The Labute approximate surface area is 188 Å². The Morgan fingerprint density at radius 2 is 1.62 bits per heavy atom. The zero-order chi connectivity index (χ0) is 22.7. The highest BCUT2D eigenvalue weighted by atomic mass is 32.1. The van der Waals surface area contributed by atoms with Crippen LogP contribution in [0.15, 0.2) is 65.8 Å². The lowest BCUT2D eigenvalue weighted by Gasteiger charge is -2.36. The molecule has 32 heavy (non-hydrogen) atoms. The molecule has 0 bridgehead atoms. The number of hydrogen-bond donors (Lipinski definition) is 4. The summed E-state index contributed by atoms with van der Waals surface area (Å²) >= 11 is 4.25. The number of phenolic OH excluding ortho intramolecular Hbond substituents is 2. The molecule has 8 nitrogen and oxygen atoms in total. The number of carbonyl (C=O) groups is 1. The second-order valence-corrected chi connectivity index (χ2v) is 7.16. The van der Waals surface area contributed by atoms with E-state index in [4.69, 9.17) is 15.2 Å². The third kappa shape index (κ3) is 3.54. The Morgan fingerprint density at radius 1 is 1.00 bits per heavy atom. The summed E-state index contributed by atoms with van der Waals surface area (Å²) in [6.07, 6.45) is 0. The van der Waals surface area contributed by atoms with E-state index in [0.29, 0.717) is 46.8 Å². The molecular formula is C23H19N3O5S. The van der Waals surface area contributed by atoms with Gasteiger partial charge in [-0.2, -0.15) is 0 Å². The van der Waals surface area contributed by atoms with Crippen molar-refractivity contribution in [1.29, 1.82) is 0 Å². The number of ether oxygens (including phenoxy) is 2. The van der Waals surface area contributed by atoms with E-state index < -0.39 is 11.6 Å². The van der Waals surface area contributed by atoms with Gasteiger partial charge in [-0.1, -0.05) is 18.2 Å². The molecule has 0 aromatic heterocycles. The van der Waals surface area contributed by atoms with Gasteiger partial charge in [0.1, 0.15) is 23.0 Å². The van der Waals surface area contributed by atoms with Gasteiger partial charge in [-0.05, 0) is 42.5 Å². The highest BCUT2D eigenvalue weighted by Crippen LogP contribution is 2.56. The fourth-order valence-electron chi connectivity index (χ4n) is 3.81. The van der Waals surface area contributed by atoms with Crippen LogP contribution in [0.5, 0.6) is 23.0 Å². The molecule has 2 aliphatic rings. The van der Waals surface area contributed by atoms with Gasteiger partial charge in [0.15, 0.2) is 5.60 Å². The second-order valence-electron chi connectivity index (χ2n) is 6.98. The van der Waals surface area contributed by atoms with Gasteiger partial charge in [0.05, 0.1) is 10.7 Å². The molecule has 0 saturated heterocycles. The Kier molecular flexibility index (Phi) is 5.79. The average molecular weight is 449 g/mol. The summed E-state index contributed by atoms with van der Waals surface area (Å²) in [5.41, 5.74) is 8.94. The maximum absolute atomic E-state index is 12.5. The maximum atomic E-state index is 12.5. The number of nitrogens with zero attached hydrogens (tertiary/aromatic N) is 1. The van der Waals surface area contributed by atoms with E-state index in [2.05, 4.69) is 27.9 Å². The molecule has 5 N–H and O–H groups in total. The van der Waals surface area contributed by atoms with E-state index >= 15 is 0 Å². The van der Waals surface area contributed by atoms with Crippen molar-refractivity contribution in [2.75, 3.05) is 13.1 Å². The zero-order valence-electron chi connectivity index (χ0n) is 16.7. The maximum Gasteiger partial charge on any atom is 0.340 e. The van der Waals surface area contributed by atoms with Crippen LogP contribution in [0.3, 0.4) is 0 Å². The molecule has 162 valence electrons. The largest absolute Gasteiger partial charge is 0.508 e. The number of nitrogens with two attached hydrogens (primary N) is 1. The molecule has 0 fully saturated rings. The van der Waals surface area contributed by atoms with Crippen LogP contribution in [0.1, 0.15) is 27.0 Å². The number of rotatable bonds is 3. The molecule has 0 amide bonds.